The van der Waals surface area contributed by atoms with Crippen LogP contribution >= 0.6 is 0 Å². The molecule has 2 aromatic rings. The van der Waals surface area contributed by atoms with Crippen molar-refractivity contribution in [1.82, 2.24) is 9.55 Å². The summed E-state index contributed by atoms with van der Waals surface area (Å²) in [5.41, 5.74) is 7.72. The quantitative estimate of drug-likeness (QED) is 0.906. The van der Waals surface area contributed by atoms with Crippen molar-refractivity contribution in [3.8, 4) is 0 Å². The fourth-order valence-corrected chi connectivity index (χ4v) is 2.95. The molecule has 4 heteroatoms. The molecule has 0 aliphatic heterocycles. The number of nitrogens with two attached hydrogens (primary N) is 1. The normalized spacial score (nSPS) is 17.9. The van der Waals surface area contributed by atoms with E-state index < -0.39 is 0 Å². The molecule has 1 aliphatic carbocycles. The molecule has 1 heterocycles. The molecule has 1 saturated carbocycles. The third kappa shape index (κ3) is 1.48. The molecule has 0 saturated heterocycles. The van der Waals surface area contributed by atoms with Crippen LogP contribution in [0.1, 0.15) is 32.0 Å². The lowest BCUT2D eigenvalue weighted by Gasteiger charge is -2.40. The molecule has 3 nitrogen and oxygen atoms in total. The Morgan fingerprint density at radius 3 is 2.78 bits per heavy atom. The maximum absolute atomic E-state index is 13.3. The number of benzene rings is 1. The summed E-state index contributed by atoms with van der Waals surface area (Å²) in [4.78, 5) is 4.65. The van der Waals surface area contributed by atoms with E-state index in [1.807, 2.05) is 6.07 Å². The summed E-state index contributed by atoms with van der Waals surface area (Å²) in [6.45, 7) is 3.56. The third-order valence-corrected chi connectivity index (χ3v) is 4.20. The van der Waals surface area contributed by atoms with Gasteiger partial charge >= 0.3 is 0 Å². The second-order valence-electron chi connectivity index (χ2n) is 5.15. The fourth-order valence-electron chi connectivity index (χ4n) is 2.95. The highest BCUT2D eigenvalue weighted by molar-refractivity contribution is 5.76. The Kier molecular flexibility index (Phi) is 2.63. The van der Waals surface area contributed by atoms with Crippen LogP contribution in [-0.2, 0) is 12.0 Å². The summed E-state index contributed by atoms with van der Waals surface area (Å²) >= 11 is 0. The average molecular weight is 247 g/mol. The summed E-state index contributed by atoms with van der Waals surface area (Å²) in [5, 5.41) is 0. The van der Waals surface area contributed by atoms with Gasteiger partial charge in [0.2, 0.25) is 0 Å². The number of aromatic nitrogens is 2. The van der Waals surface area contributed by atoms with Gasteiger partial charge in [-0.25, -0.2) is 9.37 Å². The van der Waals surface area contributed by atoms with Gasteiger partial charge in [-0.1, -0.05) is 6.42 Å². The van der Waals surface area contributed by atoms with Gasteiger partial charge in [0, 0.05) is 24.6 Å². The van der Waals surface area contributed by atoms with E-state index in [0.717, 1.165) is 36.2 Å². The molecule has 3 rings (SSSR count). The molecule has 2 N–H and O–H groups in total. The van der Waals surface area contributed by atoms with Crippen LogP contribution in [0.5, 0.6) is 0 Å². The van der Waals surface area contributed by atoms with Crippen LogP contribution in [0.2, 0.25) is 0 Å². The summed E-state index contributed by atoms with van der Waals surface area (Å²) in [6, 6.07) is 4.82. The molecule has 0 unspecified atom stereocenters. The second-order valence-corrected chi connectivity index (χ2v) is 5.15. The molecule has 1 fully saturated rings. The molecule has 0 radical (unpaired) electrons. The maximum Gasteiger partial charge on any atom is 0.125 e. The molecule has 1 aromatic carbocycles. The monoisotopic (exact) mass is 247 g/mol. The first-order valence-electron chi connectivity index (χ1n) is 6.56. The number of hydrogen-bond donors (Lipinski definition) is 1. The SMILES string of the molecule is CCn1c(C2(CN)CCC2)nc2cc(F)ccc21. The Morgan fingerprint density at radius 2 is 2.22 bits per heavy atom. The Bertz CT molecular complexity index is 578. The highest BCUT2D eigenvalue weighted by Crippen LogP contribution is 2.43. The zero-order valence-corrected chi connectivity index (χ0v) is 10.6. The summed E-state index contributed by atoms with van der Waals surface area (Å²) in [7, 11) is 0. The lowest BCUT2D eigenvalue weighted by atomic mass is 9.68. The van der Waals surface area contributed by atoms with E-state index in [1.165, 1.54) is 18.6 Å². The van der Waals surface area contributed by atoms with Gasteiger partial charge in [0.1, 0.15) is 11.6 Å². The van der Waals surface area contributed by atoms with Crippen molar-refractivity contribution in [3.05, 3.63) is 29.8 Å². The minimum atomic E-state index is -0.231. The van der Waals surface area contributed by atoms with Gasteiger partial charge in [0.15, 0.2) is 0 Å². The Balaban J connectivity index is 2.22. The minimum Gasteiger partial charge on any atom is -0.329 e. The lowest BCUT2D eigenvalue weighted by molar-refractivity contribution is 0.231. The van der Waals surface area contributed by atoms with E-state index in [1.54, 1.807) is 0 Å². The van der Waals surface area contributed by atoms with Gasteiger partial charge in [-0.15, -0.1) is 0 Å². The van der Waals surface area contributed by atoms with E-state index >= 15 is 0 Å². The number of fused-ring (bicyclic) bond motifs is 1. The van der Waals surface area contributed by atoms with Crippen molar-refractivity contribution < 1.29 is 4.39 Å². The minimum absolute atomic E-state index is 0.0194. The first-order valence-corrected chi connectivity index (χ1v) is 6.56. The van der Waals surface area contributed by atoms with Crippen LogP contribution in [0.25, 0.3) is 11.0 Å². The zero-order chi connectivity index (χ0) is 12.8. The van der Waals surface area contributed by atoms with Crippen molar-refractivity contribution in [1.29, 1.82) is 0 Å². The Morgan fingerprint density at radius 1 is 1.44 bits per heavy atom. The van der Waals surface area contributed by atoms with Crippen molar-refractivity contribution in [2.45, 2.75) is 38.1 Å². The van der Waals surface area contributed by atoms with Crippen LogP contribution in [0, 0.1) is 5.82 Å². The van der Waals surface area contributed by atoms with Gasteiger partial charge in [0.05, 0.1) is 11.0 Å². The largest absolute Gasteiger partial charge is 0.329 e. The van der Waals surface area contributed by atoms with Crippen molar-refractivity contribution in [3.63, 3.8) is 0 Å². The van der Waals surface area contributed by atoms with Crippen LogP contribution in [0.15, 0.2) is 18.2 Å². The highest BCUT2D eigenvalue weighted by Gasteiger charge is 2.41. The van der Waals surface area contributed by atoms with E-state index in [-0.39, 0.29) is 11.2 Å². The fraction of sp³-hybridized carbons (Fsp3) is 0.500. The summed E-state index contributed by atoms with van der Waals surface area (Å²) in [6.07, 6.45) is 3.39. The smallest absolute Gasteiger partial charge is 0.125 e. The van der Waals surface area contributed by atoms with Crippen molar-refractivity contribution in [2.24, 2.45) is 5.73 Å². The van der Waals surface area contributed by atoms with Crippen LogP contribution < -0.4 is 5.73 Å². The Hall–Kier alpha value is -1.42. The van der Waals surface area contributed by atoms with Gasteiger partial charge in [0.25, 0.3) is 0 Å². The maximum atomic E-state index is 13.3. The topological polar surface area (TPSA) is 43.8 Å². The number of halogens is 1. The molecular formula is C14H18FN3. The second kappa shape index (κ2) is 4.05. The molecule has 1 aromatic heterocycles. The summed E-state index contributed by atoms with van der Waals surface area (Å²) < 4.78 is 15.5. The molecular weight excluding hydrogens is 229 g/mol. The lowest BCUT2D eigenvalue weighted by Crippen LogP contribution is -2.43. The average Bonchev–Trinajstić information content (AvgIpc) is 2.66. The molecule has 96 valence electrons. The predicted molar refractivity (Wildman–Crippen MR) is 69.9 cm³/mol. The zero-order valence-electron chi connectivity index (χ0n) is 10.6. The first-order chi connectivity index (χ1) is 8.70. The molecule has 0 bridgehead atoms. The number of aryl methyl sites for hydroxylation is 1. The standard InChI is InChI=1S/C14H18FN3/c1-2-18-12-5-4-10(15)8-11(12)17-13(18)14(9-16)6-3-7-14/h4-5,8H,2-3,6-7,9,16H2,1H3. The van der Waals surface area contributed by atoms with Crippen LogP contribution in [-0.4, -0.2) is 16.1 Å². The van der Waals surface area contributed by atoms with E-state index in [9.17, 15) is 4.39 Å². The molecule has 0 atom stereocenters. The summed E-state index contributed by atoms with van der Waals surface area (Å²) in [5.74, 6) is 0.810. The number of rotatable bonds is 3. The molecule has 1 aliphatic rings. The molecule has 18 heavy (non-hydrogen) atoms. The number of nitrogens with zero attached hydrogens (tertiary/aromatic N) is 2. The van der Waals surface area contributed by atoms with Gasteiger partial charge in [-0.3, -0.25) is 0 Å². The Labute approximate surface area is 106 Å². The highest BCUT2D eigenvalue weighted by atomic mass is 19.1. The van der Waals surface area contributed by atoms with Crippen molar-refractivity contribution in [2.75, 3.05) is 6.54 Å². The van der Waals surface area contributed by atoms with Gasteiger partial charge < -0.3 is 10.3 Å². The van der Waals surface area contributed by atoms with E-state index in [2.05, 4.69) is 16.5 Å². The third-order valence-electron chi connectivity index (χ3n) is 4.20. The van der Waals surface area contributed by atoms with Crippen molar-refractivity contribution >= 4 is 11.0 Å². The number of hydrogen-bond acceptors (Lipinski definition) is 2. The first kappa shape index (κ1) is 11.7. The predicted octanol–water partition coefficient (Wildman–Crippen LogP) is 2.58. The van der Waals surface area contributed by atoms with Gasteiger partial charge in [-0.05, 0) is 31.9 Å². The number of imidazole rings is 1. The van der Waals surface area contributed by atoms with Crippen LogP contribution in [0.3, 0.4) is 0 Å². The molecule has 0 spiro atoms. The molecule has 0 amide bonds. The van der Waals surface area contributed by atoms with E-state index in [0.29, 0.717) is 6.54 Å². The van der Waals surface area contributed by atoms with E-state index in [4.69, 9.17) is 5.73 Å². The van der Waals surface area contributed by atoms with Crippen LogP contribution in [0.4, 0.5) is 4.39 Å². The van der Waals surface area contributed by atoms with Gasteiger partial charge in [-0.2, -0.15) is 0 Å².